The molecule has 3 heterocycles. The highest BCUT2D eigenvalue weighted by Gasteiger charge is 2.10. The van der Waals surface area contributed by atoms with Crippen molar-refractivity contribution < 1.29 is 4.52 Å². The van der Waals surface area contributed by atoms with Gasteiger partial charge in [-0.15, -0.1) is 0 Å². The summed E-state index contributed by atoms with van der Waals surface area (Å²) in [5.74, 6) is 1.85. The van der Waals surface area contributed by atoms with Gasteiger partial charge in [0.2, 0.25) is 0 Å². The van der Waals surface area contributed by atoms with Gasteiger partial charge in [-0.1, -0.05) is 17.3 Å². The van der Waals surface area contributed by atoms with Crippen LogP contribution in [0.5, 0.6) is 0 Å². The van der Waals surface area contributed by atoms with Crippen molar-refractivity contribution in [2.75, 3.05) is 5.32 Å². The summed E-state index contributed by atoms with van der Waals surface area (Å²) in [5, 5.41) is 11.5. The molecule has 0 fully saturated rings. The molecule has 0 bridgehead atoms. The van der Waals surface area contributed by atoms with Crippen molar-refractivity contribution in [3.63, 3.8) is 0 Å². The molecule has 0 amide bonds. The first-order valence-corrected chi connectivity index (χ1v) is 8.32. The van der Waals surface area contributed by atoms with Crippen LogP contribution >= 0.6 is 0 Å². The maximum absolute atomic E-state index is 5.22. The van der Waals surface area contributed by atoms with Gasteiger partial charge in [0.15, 0.2) is 5.82 Å². The zero-order valence-corrected chi connectivity index (χ0v) is 14.5. The second kappa shape index (κ2) is 6.79. The summed E-state index contributed by atoms with van der Waals surface area (Å²) in [6, 6.07) is 14.0. The van der Waals surface area contributed by atoms with Gasteiger partial charge in [0.25, 0.3) is 5.89 Å². The largest absolute Gasteiger partial charge is 0.364 e. The van der Waals surface area contributed by atoms with Gasteiger partial charge in [-0.25, -0.2) is 9.67 Å². The third kappa shape index (κ3) is 3.32. The third-order valence-electron chi connectivity index (χ3n) is 4.06. The lowest BCUT2D eigenvalue weighted by molar-refractivity contribution is 0.425. The van der Waals surface area contributed by atoms with E-state index in [0.29, 0.717) is 11.7 Å². The second-order valence-corrected chi connectivity index (χ2v) is 5.98. The van der Waals surface area contributed by atoms with Crippen molar-refractivity contribution in [1.29, 1.82) is 0 Å². The molecule has 3 aromatic heterocycles. The number of hydrogen-bond acceptors (Lipinski definition) is 6. The van der Waals surface area contributed by atoms with E-state index < -0.39 is 0 Å². The van der Waals surface area contributed by atoms with Gasteiger partial charge in [-0.05, 0) is 49.7 Å². The second-order valence-electron chi connectivity index (χ2n) is 5.98. The third-order valence-corrected chi connectivity index (χ3v) is 4.06. The van der Waals surface area contributed by atoms with Crippen molar-refractivity contribution in [2.24, 2.45) is 0 Å². The number of benzene rings is 1. The summed E-state index contributed by atoms with van der Waals surface area (Å²) < 4.78 is 7.05. The number of nitrogens with zero attached hydrogens (tertiary/aromatic N) is 5. The molecule has 0 radical (unpaired) electrons. The smallest absolute Gasteiger partial charge is 0.258 e. The highest BCUT2D eigenvalue weighted by molar-refractivity contribution is 5.58. The highest BCUT2D eigenvalue weighted by Crippen LogP contribution is 2.23. The summed E-state index contributed by atoms with van der Waals surface area (Å²) in [5.41, 5.74) is 3.02. The molecular formula is C19H18N6O. The highest BCUT2D eigenvalue weighted by atomic mass is 16.5. The number of hydrogen-bond donors (Lipinski definition) is 1. The number of nitrogens with one attached hydrogen (secondary N) is 1. The minimum absolute atomic E-state index is 0.0915. The standard InChI is InChI=1S/C19H18N6O/c1-13(15-4-6-17(7-5-15)25-11-3-9-21-25)22-18-12-16(8-10-20-18)19-23-14(2)24-26-19/h3-13H,1-2H3,(H,20,22). The van der Waals surface area contributed by atoms with E-state index in [0.717, 1.165) is 22.6 Å². The van der Waals surface area contributed by atoms with Gasteiger partial charge in [0.05, 0.1) is 5.69 Å². The van der Waals surface area contributed by atoms with Gasteiger partial charge in [-0.3, -0.25) is 0 Å². The van der Waals surface area contributed by atoms with Crippen LogP contribution in [0.1, 0.15) is 24.4 Å². The van der Waals surface area contributed by atoms with Crippen LogP contribution in [0.15, 0.2) is 65.6 Å². The predicted octanol–water partition coefficient (Wildman–Crippen LogP) is 3.80. The van der Waals surface area contributed by atoms with Crippen molar-refractivity contribution in [3.05, 3.63) is 72.4 Å². The Hall–Kier alpha value is -3.48. The van der Waals surface area contributed by atoms with Crippen LogP contribution in [-0.4, -0.2) is 24.9 Å². The Morgan fingerprint density at radius 2 is 1.96 bits per heavy atom. The van der Waals surface area contributed by atoms with Crippen molar-refractivity contribution >= 4 is 5.82 Å². The van der Waals surface area contributed by atoms with Crippen LogP contribution in [0.4, 0.5) is 5.82 Å². The molecule has 4 aromatic rings. The Morgan fingerprint density at radius 3 is 2.65 bits per heavy atom. The number of rotatable bonds is 5. The molecule has 7 nitrogen and oxygen atoms in total. The van der Waals surface area contributed by atoms with Gasteiger partial charge in [0, 0.05) is 30.2 Å². The molecule has 0 aliphatic carbocycles. The van der Waals surface area contributed by atoms with E-state index in [1.165, 1.54) is 0 Å². The summed E-state index contributed by atoms with van der Waals surface area (Å²) in [4.78, 5) is 8.63. The van der Waals surface area contributed by atoms with Crippen LogP contribution in [0, 0.1) is 6.92 Å². The molecule has 0 aliphatic heterocycles. The van der Waals surface area contributed by atoms with Crippen LogP contribution in [0.3, 0.4) is 0 Å². The van der Waals surface area contributed by atoms with Gasteiger partial charge >= 0.3 is 0 Å². The normalized spacial score (nSPS) is 12.1. The summed E-state index contributed by atoms with van der Waals surface area (Å²) >= 11 is 0. The van der Waals surface area contributed by atoms with E-state index >= 15 is 0 Å². The molecule has 130 valence electrons. The lowest BCUT2D eigenvalue weighted by atomic mass is 10.1. The lowest BCUT2D eigenvalue weighted by Gasteiger charge is -2.15. The molecule has 26 heavy (non-hydrogen) atoms. The first kappa shape index (κ1) is 16.0. The molecule has 0 aliphatic rings. The van der Waals surface area contributed by atoms with Crippen LogP contribution in [0.25, 0.3) is 17.1 Å². The summed E-state index contributed by atoms with van der Waals surface area (Å²) in [6.45, 7) is 3.89. The fourth-order valence-electron chi connectivity index (χ4n) is 2.70. The van der Waals surface area contributed by atoms with E-state index in [1.807, 2.05) is 41.2 Å². The molecule has 1 N–H and O–H groups in total. The molecule has 7 heteroatoms. The fourth-order valence-corrected chi connectivity index (χ4v) is 2.70. The monoisotopic (exact) mass is 346 g/mol. The zero-order chi connectivity index (χ0) is 17.9. The molecular weight excluding hydrogens is 328 g/mol. The zero-order valence-electron chi connectivity index (χ0n) is 14.5. The van der Waals surface area contributed by atoms with E-state index in [9.17, 15) is 0 Å². The Balaban J connectivity index is 1.50. The van der Waals surface area contributed by atoms with E-state index in [-0.39, 0.29) is 6.04 Å². The SMILES string of the molecule is Cc1noc(-c2ccnc(NC(C)c3ccc(-n4cccn4)cc3)c2)n1. The molecule has 0 saturated carbocycles. The maximum atomic E-state index is 5.22. The molecule has 4 rings (SSSR count). The molecule has 1 aromatic carbocycles. The van der Waals surface area contributed by atoms with Gasteiger partial charge in [-0.2, -0.15) is 10.1 Å². The van der Waals surface area contributed by atoms with Gasteiger partial charge in [0.1, 0.15) is 5.82 Å². The van der Waals surface area contributed by atoms with Crippen LogP contribution in [-0.2, 0) is 0 Å². The first-order valence-electron chi connectivity index (χ1n) is 8.32. The number of aryl methyl sites for hydroxylation is 1. The Kier molecular flexibility index (Phi) is 4.18. The van der Waals surface area contributed by atoms with Crippen molar-refractivity contribution in [3.8, 4) is 17.1 Å². The van der Waals surface area contributed by atoms with E-state index in [2.05, 4.69) is 44.6 Å². The predicted molar refractivity (Wildman–Crippen MR) is 97.9 cm³/mol. The summed E-state index contributed by atoms with van der Waals surface area (Å²) in [6.07, 6.45) is 5.41. The average molecular weight is 346 g/mol. The summed E-state index contributed by atoms with van der Waals surface area (Å²) in [7, 11) is 0. The lowest BCUT2D eigenvalue weighted by Crippen LogP contribution is -2.08. The van der Waals surface area contributed by atoms with Crippen LogP contribution in [0.2, 0.25) is 0 Å². The Labute approximate surface area is 150 Å². The maximum Gasteiger partial charge on any atom is 0.258 e. The Bertz CT molecular complexity index is 991. The van der Waals surface area contributed by atoms with Gasteiger partial charge < -0.3 is 9.84 Å². The molecule has 0 saturated heterocycles. The molecule has 1 atom stereocenters. The number of aromatic nitrogens is 5. The van der Waals surface area contributed by atoms with Crippen molar-refractivity contribution in [2.45, 2.75) is 19.9 Å². The van der Waals surface area contributed by atoms with E-state index in [4.69, 9.17) is 4.52 Å². The molecule has 0 spiro atoms. The quantitative estimate of drug-likeness (QED) is 0.592. The number of anilines is 1. The minimum Gasteiger partial charge on any atom is -0.364 e. The number of pyridine rings is 1. The van der Waals surface area contributed by atoms with Crippen LogP contribution < -0.4 is 5.32 Å². The van der Waals surface area contributed by atoms with E-state index in [1.54, 1.807) is 19.3 Å². The minimum atomic E-state index is 0.0915. The Morgan fingerprint density at radius 1 is 1.12 bits per heavy atom. The fraction of sp³-hybridized carbons (Fsp3) is 0.158. The molecule has 1 unspecified atom stereocenters. The first-order chi connectivity index (χ1) is 12.7. The van der Waals surface area contributed by atoms with Crippen molar-refractivity contribution in [1.82, 2.24) is 24.9 Å². The average Bonchev–Trinajstić information content (AvgIpc) is 3.34. The topological polar surface area (TPSA) is 81.7 Å².